The molecule has 82 valence electrons. The average Bonchev–Trinajstić information content (AvgIpc) is 2.40. The van der Waals surface area contributed by atoms with Gasteiger partial charge in [0, 0.05) is 5.41 Å². The highest BCUT2D eigenvalue weighted by atomic mass is 14.3. The van der Waals surface area contributed by atoms with Gasteiger partial charge in [-0.2, -0.15) is 0 Å². The highest BCUT2D eigenvalue weighted by Crippen LogP contribution is 2.31. The smallest absolute Gasteiger partial charge is 0.0294 e. The van der Waals surface area contributed by atoms with E-state index in [2.05, 4.69) is 75.4 Å². The molecule has 0 heteroatoms. The van der Waals surface area contributed by atoms with Gasteiger partial charge in [0.15, 0.2) is 0 Å². The molecule has 0 amide bonds. The summed E-state index contributed by atoms with van der Waals surface area (Å²) < 4.78 is 0. The Hall–Kier alpha value is -1.56. The van der Waals surface area contributed by atoms with Gasteiger partial charge in [-0.15, -0.1) is 0 Å². The lowest BCUT2D eigenvalue weighted by Gasteiger charge is -2.23. The van der Waals surface area contributed by atoms with Crippen LogP contribution < -0.4 is 0 Å². The summed E-state index contributed by atoms with van der Waals surface area (Å²) in [6.07, 6.45) is 9.02. The Morgan fingerprint density at radius 2 is 1.31 bits per heavy atom. The van der Waals surface area contributed by atoms with Crippen LogP contribution in [0.5, 0.6) is 0 Å². The van der Waals surface area contributed by atoms with Crippen LogP contribution in [0, 0.1) is 0 Å². The number of hydrogen-bond donors (Lipinski definition) is 0. The van der Waals surface area contributed by atoms with Crippen LogP contribution in [0.4, 0.5) is 0 Å². The van der Waals surface area contributed by atoms with Crippen molar-refractivity contribution in [3.8, 4) is 0 Å². The molecule has 0 saturated carbocycles. The molecule has 0 nitrogen and oxygen atoms in total. The zero-order valence-electron chi connectivity index (χ0n) is 10.2. The summed E-state index contributed by atoms with van der Waals surface area (Å²) >= 11 is 0. The third kappa shape index (κ3) is 2.16. The van der Waals surface area contributed by atoms with E-state index in [-0.39, 0.29) is 5.41 Å². The van der Waals surface area contributed by atoms with E-state index >= 15 is 0 Å². The van der Waals surface area contributed by atoms with E-state index in [1.165, 1.54) is 16.7 Å². The van der Waals surface area contributed by atoms with Gasteiger partial charge >= 0.3 is 0 Å². The fourth-order valence-electron chi connectivity index (χ4n) is 2.31. The van der Waals surface area contributed by atoms with Gasteiger partial charge in [0.2, 0.25) is 0 Å². The minimum Gasteiger partial charge on any atom is -0.0675 e. The second kappa shape index (κ2) is 4.13. The Morgan fingerprint density at radius 1 is 0.812 bits per heavy atom. The van der Waals surface area contributed by atoms with Crippen LogP contribution in [0.25, 0.3) is 0 Å². The lowest BCUT2D eigenvalue weighted by Crippen LogP contribution is -2.16. The summed E-state index contributed by atoms with van der Waals surface area (Å²) in [4.78, 5) is 0. The maximum atomic E-state index is 2.33. The van der Waals surface area contributed by atoms with Crippen LogP contribution in [-0.2, 0) is 5.41 Å². The molecule has 0 radical (unpaired) electrons. The first kappa shape index (κ1) is 10.9. The molecule has 2 rings (SSSR count). The Morgan fingerprint density at radius 3 is 1.81 bits per heavy atom. The standard InChI is InChI=1S/C16H18/c1-13-9-10-14(2)12-16(3,11-13)15-7-5-4-6-8-15/h4-12H,1-3H3. The third-order valence-corrected chi connectivity index (χ3v) is 3.06. The first-order valence-corrected chi connectivity index (χ1v) is 5.73. The molecule has 0 aliphatic heterocycles. The monoisotopic (exact) mass is 210 g/mol. The fraction of sp³-hybridized carbons (Fsp3) is 0.250. The molecule has 0 bridgehead atoms. The third-order valence-electron chi connectivity index (χ3n) is 3.06. The number of rotatable bonds is 1. The summed E-state index contributed by atoms with van der Waals surface area (Å²) in [6.45, 7) is 6.58. The van der Waals surface area contributed by atoms with E-state index in [1.54, 1.807) is 0 Å². The van der Waals surface area contributed by atoms with Crippen LogP contribution >= 0.6 is 0 Å². The first-order valence-electron chi connectivity index (χ1n) is 5.73. The van der Waals surface area contributed by atoms with Gasteiger partial charge in [-0.1, -0.05) is 65.8 Å². The van der Waals surface area contributed by atoms with Crippen molar-refractivity contribution in [1.82, 2.24) is 0 Å². The van der Waals surface area contributed by atoms with Gasteiger partial charge < -0.3 is 0 Å². The largest absolute Gasteiger partial charge is 0.0675 e. The summed E-state index contributed by atoms with van der Waals surface area (Å²) in [5.41, 5.74) is 4.00. The van der Waals surface area contributed by atoms with E-state index in [1.807, 2.05) is 0 Å². The van der Waals surface area contributed by atoms with Gasteiger partial charge in [0.25, 0.3) is 0 Å². The lowest BCUT2D eigenvalue weighted by atomic mass is 9.80. The molecule has 1 aromatic rings. The maximum absolute atomic E-state index is 2.33. The Labute approximate surface area is 98.0 Å². The van der Waals surface area contributed by atoms with Gasteiger partial charge in [-0.3, -0.25) is 0 Å². The molecular weight excluding hydrogens is 192 g/mol. The van der Waals surface area contributed by atoms with E-state index < -0.39 is 0 Å². The minimum atomic E-state index is 0.0128. The Bertz CT molecular complexity index is 436. The van der Waals surface area contributed by atoms with Crippen molar-refractivity contribution in [2.45, 2.75) is 26.2 Å². The van der Waals surface area contributed by atoms with Crippen molar-refractivity contribution in [1.29, 1.82) is 0 Å². The molecule has 1 aliphatic rings. The summed E-state index contributed by atoms with van der Waals surface area (Å²) in [7, 11) is 0. The molecule has 0 fully saturated rings. The second-order valence-corrected chi connectivity index (χ2v) is 4.76. The molecule has 0 spiro atoms. The summed E-state index contributed by atoms with van der Waals surface area (Å²) in [6, 6.07) is 10.7. The minimum absolute atomic E-state index is 0.0128. The van der Waals surface area contributed by atoms with E-state index in [0.29, 0.717) is 0 Å². The van der Waals surface area contributed by atoms with Crippen LogP contribution in [-0.4, -0.2) is 0 Å². The van der Waals surface area contributed by atoms with E-state index in [9.17, 15) is 0 Å². The lowest BCUT2D eigenvalue weighted by molar-refractivity contribution is 0.749. The maximum Gasteiger partial charge on any atom is 0.0294 e. The topological polar surface area (TPSA) is 0 Å². The van der Waals surface area contributed by atoms with E-state index in [4.69, 9.17) is 0 Å². The number of allylic oxidation sites excluding steroid dienone is 6. The van der Waals surface area contributed by atoms with Crippen molar-refractivity contribution >= 4 is 0 Å². The molecule has 1 aliphatic carbocycles. The van der Waals surface area contributed by atoms with Crippen LogP contribution in [0.3, 0.4) is 0 Å². The zero-order valence-corrected chi connectivity index (χ0v) is 10.2. The van der Waals surface area contributed by atoms with Crippen molar-refractivity contribution in [3.05, 3.63) is 71.3 Å². The van der Waals surface area contributed by atoms with Gasteiger partial charge in [0.05, 0.1) is 0 Å². The number of benzene rings is 1. The highest BCUT2D eigenvalue weighted by Gasteiger charge is 2.22. The molecule has 1 aromatic carbocycles. The SMILES string of the molecule is CC1=CC(C)(c2ccccc2)C=C(C)C=C1. The quantitative estimate of drug-likeness (QED) is 0.644. The average molecular weight is 210 g/mol. The Kier molecular flexibility index (Phi) is 2.82. The number of hydrogen-bond acceptors (Lipinski definition) is 0. The molecule has 0 atom stereocenters. The molecule has 16 heavy (non-hydrogen) atoms. The highest BCUT2D eigenvalue weighted by molar-refractivity contribution is 5.44. The van der Waals surface area contributed by atoms with Gasteiger partial charge in [0.1, 0.15) is 0 Å². The van der Waals surface area contributed by atoms with Gasteiger partial charge in [-0.05, 0) is 26.3 Å². The Balaban J connectivity index is 2.53. The molecule has 0 saturated heterocycles. The predicted octanol–water partition coefficient (Wildman–Crippen LogP) is 4.41. The van der Waals surface area contributed by atoms with Crippen molar-refractivity contribution in [2.75, 3.05) is 0 Å². The summed E-state index contributed by atoms with van der Waals surface area (Å²) in [5.74, 6) is 0. The van der Waals surface area contributed by atoms with Crippen molar-refractivity contribution in [2.24, 2.45) is 0 Å². The van der Waals surface area contributed by atoms with Crippen molar-refractivity contribution < 1.29 is 0 Å². The van der Waals surface area contributed by atoms with Crippen LogP contribution in [0.15, 0.2) is 65.8 Å². The first-order chi connectivity index (χ1) is 7.60. The van der Waals surface area contributed by atoms with Gasteiger partial charge in [-0.25, -0.2) is 0 Å². The van der Waals surface area contributed by atoms with E-state index in [0.717, 1.165) is 0 Å². The molecular formula is C16H18. The molecule has 0 heterocycles. The van der Waals surface area contributed by atoms with Crippen LogP contribution in [0.2, 0.25) is 0 Å². The van der Waals surface area contributed by atoms with Crippen molar-refractivity contribution in [3.63, 3.8) is 0 Å². The van der Waals surface area contributed by atoms with Crippen LogP contribution in [0.1, 0.15) is 26.3 Å². The molecule has 0 aromatic heterocycles. The summed E-state index contributed by atoms with van der Waals surface area (Å²) in [5, 5.41) is 0. The second-order valence-electron chi connectivity index (χ2n) is 4.76. The normalized spacial score (nSPS) is 18.7. The molecule has 0 N–H and O–H groups in total. The molecule has 0 unspecified atom stereocenters. The zero-order chi connectivity index (χ0) is 11.6. The fourth-order valence-corrected chi connectivity index (χ4v) is 2.31. The predicted molar refractivity (Wildman–Crippen MR) is 70.4 cm³/mol.